The minimum absolute atomic E-state index is 0.0626. The van der Waals surface area contributed by atoms with Crippen LogP contribution in [0.5, 0.6) is 0 Å². The Morgan fingerprint density at radius 1 is 1.31 bits per heavy atom. The summed E-state index contributed by atoms with van der Waals surface area (Å²) in [5.41, 5.74) is 1.56. The molecule has 0 spiro atoms. The molecule has 16 heavy (non-hydrogen) atoms. The fourth-order valence-corrected chi connectivity index (χ4v) is 1.37. The zero-order valence-corrected chi connectivity index (χ0v) is 8.90. The Kier molecular flexibility index (Phi) is 2.74. The second kappa shape index (κ2) is 4.19. The van der Waals surface area contributed by atoms with Crippen LogP contribution in [0.2, 0.25) is 0 Å². The number of aromatic amines is 1. The van der Waals surface area contributed by atoms with Gasteiger partial charge in [0.25, 0.3) is 5.69 Å². The second-order valence-electron chi connectivity index (χ2n) is 3.10. The molecule has 0 aliphatic carbocycles. The van der Waals surface area contributed by atoms with Gasteiger partial charge in [0.05, 0.1) is 16.8 Å². The molecule has 0 aliphatic heterocycles. The van der Waals surface area contributed by atoms with Gasteiger partial charge in [-0.2, -0.15) is 0 Å². The van der Waals surface area contributed by atoms with Crippen molar-refractivity contribution in [3.05, 3.63) is 51.4 Å². The molecule has 0 atom stereocenters. The van der Waals surface area contributed by atoms with E-state index >= 15 is 0 Å². The van der Waals surface area contributed by atoms with E-state index in [0.717, 1.165) is 5.56 Å². The fraction of sp³-hybridized carbons (Fsp3) is 0. The van der Waals surface area contributed by atoms with E-state index in [9.17, 15) is 10.1 Å². The first kappa shape index (κ1) is 10.4. The molecule has 0 amide bonds. The zero-order valence-electron chi connectivity index (χ0n) is 8.08. The maximum atomic E-state index is 10.5. The molecule has 0 saturated heterocycles. The SMILES string of the molecule is O=[N+]([O-])c1ccc(-c2c[nH]c(=S)cn2)cc1. The molecular formula is C10H7N3O2S. The summed E-state index contributed by atoms with van der Waals surface area (Å²) in [4.78, 5) is 17.0. The number of hydrogen-bond donors (Lipinski definition) is 1. The normalized spacial score (nSPS) is 10.0. The van der Waals surface area contributed by atoms with Crippen LogP contribution in [0.4, 0.5) is 5.69 Å². The summed E-state index contributed by atoms with van der Waals surface area (Å²) >= 11 is 4.87. The van der Waals surface area contributed by atoms with E-state index in [1.165, 1.54) is 18.3 Å². The van der Waals surface area contributed by atoms with Gasteiger partial charge in [-0.1, -0.05) is 12.2 Å². The second-order valence-corrected chi connectivity index (χ2v) is 3.54. The van der Waals surface area contributed by atoms with E-state index in [1.54, 1.807) is 18.3 Å². The Hall–Kier alpha value is -2.08. The zero-order chi connectivity index (χ0) is 11.5. The highest BCUT2D eigenvalue weighted by Crippen LogP contribution is 2.19. The first-order valence-corrected chi connectivity index (χ1v) is 4.87. The Bertz CT molecular complexity index is 557. The van der Waals surface area contributed by atoms with Gasteiger partial charge in [0, 0.05) is 23.9 Å². The molecule has 0 unspecified atom stereocenters. The summed E-state index contributed by atoms with van der Waals surface area (Å²) in [5, 5.41) is 10.5. The minimum atomic E-state index is -0.435. The Morgan fingerprint density at radius 3 is 2.50 bits per heavy atom. The van der Waals surface area contributed by atoms with Crippen LogP contribution in [0.1, 0.15) is 0 Å². The summed E-state index contributed by atoms with van der Waals surface area (Å²) in [5.74, 6) is 0. The highest BCUT2D eigenvalue weighted by molar-refractivity contribution is 7.71. The molecule has 1 aromatic heterocycles. The molecular weight excluding hydrogens is 226 g/mol. The van der Waals surface area contributed by atoms with Crippen LogP contribution in [0.25, 0.3) is 11.3 Å². The van der Waals surface area contributed by atoms with E-state index in [0.29, 0.717) is 10.3 Å². The molecule has 1 aromatic carbocycles. The van der Waals surface area contributed by atoms with Crippen LogP contribution < -0.4 is 0 Å². The first-order valence-electron chi connectivity index (χ1n) is 4.46. The molecule has 2 rings (SSSR count). The Balaban J connectivity index is 2.38. The first-order chi connectivity index (χ1) is 7.66. The van der Waals surface area contributed by atoms with E-state index < -0.39 is 4.92 Å². The van der Waals surface area contributed by atoms with Crippen LogP contribution >= 0.6 is 12.2 Å². The van der Waals surface area contributed by atoms with E-state index in [4.69, 9.17) is 12.2 Å². The van der Waals surface area contributed by atoms with Gasteiger partial charge in [0.1, 0.15) is 4.64 Å². The van der Waals surface area contributed by atoms with Crippen molar-refractivity contribution in [3.8, 4) is 11.3 Å². The van der Waals surface area contributed by atoms with Crippen molar-refractivity contribution >= 4 is 17.9 Å². The third-order valence-corrected chi connectivity index (χ3v) is 2.27. The smallest absolute Gasteiger partial charge is 0.269 e. The van der Waals surface area contributed by atoms with Crippen molar-refractivity contribution < 1.29 is 4.92 Å². The number of H-pyrrole nitrogens is 1. The Labute approximate surface area is 95.9 Å². The van der Waals surface area contributed by atoms with Crippen molar-refractivity contribution in [2.24, 2.45) is 0 Å². The highest BCUT2D eigenvalue weighted by Gasteiger charge is 2.05. The van der Waals surface area contributed by atoms with Gasteiger partial charge < -0.3 is 4.98 Å². The van der Waals surface area contributed by atoms with Gasteiger partial charge in [-0.05, 0) is 12.1 Å². The van der Waals surface area contributed by atoms with E-state index in [-0.39, 0.29) is 5.69 Å². The maximum absolute atomic E-state index is 10.5. The predicted molar refractivity (Wildman–Crippen MR) is 61.5 cm³/mol. The number of nitro benzene ring substituents is 1. The van der Waals surface area contributed by atoms with E-state index in [2.05, 4.69) is 9.97 Å². The van der Waals surface area contributed by atoms with Crippen LogP contribution in [-0.4, -0.2) is 14.9 Å². The molecule has 0 bridgehead atoms. The highest BCUT2D eigenvalue weighted by atomic mass is 32.1. The molecule has 0 aliphatic rings. The fourth-order valence-electron chi connectivity index (χ4n) is 1.25. The van der Waals surface area contributed by atoms with Gasteiger partial charge in [-0.15, -0.1) is 0 Å². The van der Waals surface area contributed by atoms with E-state index in [1.807, 2.05) is 0 Å². The molecule has 6 heteroatoms. The lowest BCUT2D eigenvalue weighted by atomic mass is 10.1. The predicted octanol–water partition coefficient (Wildman–Crippen LogP) is 2.71. The van der Waals surface area contributed by atoms with Gasteiger partial charge in [0.15, 0.2) is 0 Å². The van der Waals surface area contributed by atoms with Crippen LogP contribution in [-0.2, 0) is 0 Å². The van der Waals surface area contributed by atoms with Crippen molar-refractivity contribution in [3.63, 3.8) is 0 Å². The number of nitrogens with one attached hydrogen (secondary N) is 1. The summed E-state index contributed by atoms with van der Waals surface area (Å²) in [7, 11) is 0. The third-order valence-electron chi connectivity index (χ3n) is 2.05. The van der Waals surface area contributed by atoms with Crippen molar-refractivity contribution in [1.29, 1.82) is 0 Å². The average Bonchev–Trinajstić information content (AvgIpc) is 2.30. The summed E-state index contributed by atoms with van der Waals surface area (Å²) < 4.78 is 0.547. The summed E-state index contributed by atoms with van der Waals surface area (Å²) in [6.07, 6.45) is 3.20. The quantitative estimate of drug-likeness (QED) is 0.491. The van der Waals surface area contributed by atoms with Crippen molar-refractivity contribution in [2.45, 2.75) is 0 Å². The van der Waals surface area contributed by atoms with Gasteiger partial charge >= 0.3 is 0 Å². The molecule has 80 valence electrons. The van der Waals surface area contributed by atoms with Gasteiger partial charge in [-0.3, -0.25) is 15.1 Å². The van der Waals surface area contributed by atoms with Crippen molar-refractivity contribution in [1.82, 2.24) is 9.97 Å². The third kappa shape index (κ3) is 2.12. The Morgan fingerprint density at radius 2 is 2.00 bits per heavy atom. The molecule has 0 saturated carbocycles. The average molecular weight is 233 g/mol. The largest absolute Gasteiger partial charge is 0.350 e. The van der Waals surface area contributed by atoms with Crippen LogP contribution in [0.3, 0.4) is 0 Å². The molecule has 1 heterocycles. The number of nitrogens with zero attached hydrogens (tertiary/aromatic N) is 2. The number of benzene rings is 1. The number of rotatable bonds is 2. The molecule has 5 nitrogen and oxygen atoms in total. The van der Waals surface area contributed by atoms with Gasteiger partial charge in [-0.25, -0.2) is 0 Å². The van der Waals surface area contributed by atoms with Crippen LogP contribution in [0.15, 0.2) is 36.7 Å². The molecule has 2 aromatic rings. The number of non-ortho nitro benzene ring substituents is 1. The standard InChI is InChI=1S/C10H7N3O2S/c14-13(15)8-3-1-7(2-4-8)9-5-12-10(16)6-11-9/h1-6H,(H,12,16). The molecule has 0 radical (unpaired) electrons. The number of hydrogen-bond acceptors (Lipinski definition) is 4. The van der Waals surface area contributed by atoms with Crippen LogP contribution in [0, 0.1) is 14.8 Å². The van der Waals surface area contributed by atoms with Crippen molar-refractivity contribution in [2.75, 3.05) is 0 Å². The number of aromatic nitrogens is 2. The van der Waals surface area contributed by atoms with Gasteiger partial charge in [0.2, 0.25) is 0 Å². The maximum Gasteiger partial charge on any atom is 0.269 e. The minimum Gasteiger partial charge on any atom is -0.350 e. The lowest BCUT2D eigenvalue weighted by Gasteiger charge is -1.99. The molecule has 0 fully saturated rings. The lowest BCUT2D eigenvalue weighted by molar-refractivity contribution is -0.384. The summed E-state index contributed by atoms with van der Waals surface area (Å²) in [6.45, 7) is 0. The molecule has 1 N–H and O–H groups in total. The monoisotopic (exact) mass is 233 g/mol. The summed E-state index contributed by atoms with van der Waals surface area (Å²) in [6, 6.07) is 6.19. The number of nitro groups is 1. The topological polar surface area (TPSA) is 71.8 Å². The lowest BCUT2D eigenvalue weighted by Crippen LogP contribution is -1.89.